The third-order valence-electron chi connectivity index (χ3n) is 2.84. The van der Waals surface area contributed by atoms with Gasteiger partial charge in [-0.05, 0) is 12.1 Å². The standard InChI is InChI=1S/C12H8F3N5O2/c1-16-10(21)7-5-20-4-6(2-3-8(20)17-7)9-18-11(22-19-9)12(13,14)15/h2-5H,1H3,(H,16,21). The van der Waals surface area contributed by atoms with Gasteiger partial charge in [0.05, 0.1) is 0 Å². The molecule has 0 aliphatic rings. The Morgan fingerprint density at radius 3 is 2.68 bits per heavy atom. The second kappa shape index (κ2) is 4.83. The quantitative estimate of drug-likeness (QED) is 0.779. The van der Waals surface area contributed by atoms with Crippen LogP contribution in [0.1, 0.15) is 16.4 Å². The summed E-state index contributed by atoms with van der Waals surface area (Å²) in [5.41, 5.74) is 0.943. The monoisotopic (exact) mass is 311 g/mol. The van der Waals surface area contributed by atoms with Crippen LogP contribution in [-0.4, -0.2) is 32.5 Å². The van der Waals surface area contributed by atoms with E-state index in [0.29, 0.717) is 11.2 Å². The molecule has 22 heavy (non-hydrogen) atoms. The van der Waals surface area contributed by atoms with Crippen molar-refractivity contribution in [3.63, 3.8) is 0 Å². The average Bonchev–Trinajstić information content (AvgIpc) is 3.11. The Balaban J connectivity index is 2.01. The van der Waals surface area contributed by atoms with Crippen molar-refractivity contribution >= 4 is 11.6 Å². The fourth-order valence-electron chi connectivity index (χ4n) is 1.82. The molecule has 1 amide bonds. The van der Waals surface area contributed by atoms with Gasteiger partial charge >= 0.3 is 12.1 Å². The Morgan fingerprint density at radius 2 is 2.05 bits per heavy atom. The maximum absolute atomic E-state index is 12.4. The van der Waals surface area contributed by atoms with Crippen molar-refractivity contribution in [1.29, 1.82) is 0 Å². The van der Waals surface area contributed by atoms with Crippen LogP contribution in [0.4, 0.5) is 13.2 Å². The first-order chi connectivity index (χ1) is 10.4. The predicted octanol–water partition coefficient (Wildman–Crippen LogP) is 1.76. The van der Waals surface area contributed by atoms with Gasteiger partial charge in [-0.3, -0.25) is 4.79 Å². The molecular weight excluding hydrogens is 303 g/mol. The van der Waals surface area contributed by atoms with E-state index in [1.807, 2.05) is 0 Å². The molecule has 1 N–H and O–H groups in total. The smallest absolute Gasteiger partial charge is 0.354 e. The first-order valence-electron chi connectivity index (χ1n) is 6.00. The Morgan fingerprint density at radius 1 is 1.27 bits per heavy atom. The molecule has 0 radical (unpaired) electrons. The highest BCUT2D eigenvalue weighted by Crippen LogP contribution is 2.29. The first-order valence-corrected chi connectivity index (χ1v) is 6.00. The maximum atomic E-state index is 12.4. The summed E-state index contributed by atoms with van der Waals surface area (Å²) in [5, 5.41) is 5.73. The zero-order valence-electron chi connectivity index (χ0n) is 11.0. The molecule has 0 aromatic carbocycles. The molecule has 0 atom stereocenters. The lowest BCUT2D eigenvalue weighted by molar-refractivity contribution is -0.159. The minimum absolute atomic E-state index is 0.184. The molecule has 0 unspecified atom stereocenters. The van der Waals surface area contributed by atoms with Gasteiger partial charge in [0.15, 0.2) is 0 Å². The van der Waals surface area contributed by atoms with Crippen molar-refractivity contribution in [1.82, 2.24) is 24.8 Å². The van der Waals surface area contributed by atoms with Gasteiger partial charge in [-0.2, -0.15) is 18.2 Å². The van der Waals surface area contributed by atoms with E-state index in [4.69, 9.17) is 0 Å². The van der Waals surface area contributed by atoms with E-state index in [9.17, 15) is 18.0 Å². The first kappa shape index (κ1) is 14.0. The molecule has 0 spiro atoms. The third kappa shape index (κ3) is 2.38. The topological polar surface area (TPSA) is 85.3 Å². The van der Waals surface area contributed by atoms with Crippen LogP contribution in [0.2, 0.25) is 0 Å². The molecule has 7 nitrogen and oxygen atoms in total. The number of hydrogen-bond acceptors (Lipinski definition) is 5. The largest absolute Gasteiger partial charge is 0.471 e. The van der Waals surface area contributed by atoms with E-state index >= 15 is 0 Å². The molecule has 0 bridgehead atoms. The van der Waals surface area contributed by atoms with Crippen LogP contribution >= 0.6 is 0 Å². The fourth-order valence-corrected chi connectivity index (χ4v) is 1.82. The average molecular weight is 311 g/mol. The highest BCUT2D eigenvalue weighted by atomic mass is 19.4. The van der Waals surface area contributed by atoms with Gasteiger partial charge in [0, 0.05) is 25.0 Å². The normalized spacial score (nSPS) is 11.8. The molecule has 0 aliphatic carbocycles. The molecule has 0 aliphatic heterocycles. The SMILES string of the molecule is CNC(=O)c1cn2cc(-c3noc(C(F)(F)F)n3)ccc2n1. The minimum Gasteiger partial charge on any atom is -0.354 e. The lowest BCUT2D eigenvalue weighted by Gasteiger charge is -1.97. The Hall–Kier alpha value is -2.91. The van der Waals surface area contributed by atoms with E-state index in [-0.39, 0.29) is 17.4 Å². The number of carbonyl (C=O) groups excluding carboxylic acids is 1. The summed E-state index contributed by atoms with van der Waals surface area (Å²) in [4.78, 5) is 18.9. The van der Waals surface area contributed by atoms with Crippen molar-refractivity contribution in [2.45, 2.75) is 6.18 Å². The zero-order chi connectivity index (χ0) is 15.9. The number of hydrogen-bond donors (Lipinski definition) is 1. The van der Waals surface area contributed by atoms with E-state index in [1.54, 1.807) is 0 Å². The molecule has 3 aromatic rings. The highest BCUT2D eigenvalue weighted by Gasteiger charge is 2.38. The Bertz CT molecular complexity index is 852. The van der Waals surface area contributed by atoms with Gasteiger partial charge in [-0.15, -0.1) is 0 Å². The van der Waals surface area contributed by atoms with Gasteiger partial charge in [-0.1, -0.05) is 5.16 Å². The number of alkyl halides is 3. The lowest BCUT2D eigenvalue weighted by atomic mass is 10.3. The number of halogens is 3. The van der Waals surface area contributed by atoms with Crippen LogP contribution in [0, 0.1) is 0 Å². The van der Waals surface area contributed by atoms with Crippen LogP contribution in [-0.2, 0) is 6.18 Å². The summed E-state index contributed by atoms with van der Waals surface area (Å²) in [6.07, 6.45) is -1.79. The summed E-state index contributed by atoms with van der Waals surface area (Å²) in [6.45, 7) is 0. The van der Waals surface area contributed by atoms with E-state index in [2.05, 4.69) is 25.0 Å². The molecule has 3 rings (SSSR count). The van der Waals surface area contributed by atoms with E-state index in [1.165, 1.54) is 36.0 Å². The van der Waals surface area contributed by atoms with Crippen LogP contribution in [0.5, 0.6) is 0 Å². The molecule has 3 heterocycles. The summed E-state index contributed by atoms with van der Waals surface area (Å²) in [5.74, 6) is -1.99. The third-order valence-corrected chi connectivity index (χ3v) is 2.84. The van der Waals surface area contributed by atoms with Crippen LogP contribution in [0.3, 0.4) is 0 Å². The molecular formula is C12H8F3N5O2. The number of nitrogens with one attached hydrogen (secondary N) is 1. The second-order valence-corrected chi connectivity index (χ2v) is 4.31. The minimum atomic E-state index is -4.70. The molecule has 114 valence electrons. The molecule has 0 saturated heterocycles. The number of rotatable bonds is 2. The van der Waals surface area contributed by atoms with E-state index < -0.39 is 12.1 Å². The van der Waals surface area contributed by atoms with Gasteiger partial charge in [0.1, 0.15) is 11.3 Å². The number of pyridine rings is 1. The number of nitrogens with zero attached hydrogens (tertiary/aromatic N) is 4. The second-order valence-electron chi connectivity index (χ2n) is 4.31. The summed E-state index contributed by atoms with van der Waals surface area (Å²) in [7, 11) is 1.47. The van der Waals surface area contributed by atoms with E-state index in [0.717, 1.165) is 0 Å². The van der Waals surface area contributed by atoms with Gasteiger partial charge in [0.2, 0.25) is 5.82 Å². The number of imidazole rings is 1. The maximum Gasteiger partial charge on any atom is 0.471 e. The summed E-state index contributed by atoms with van der Waals surface area (Å²) < 4.78 is 43.0. The predicted molar refractivity (Wildman–Crippen MR) is 66.9 cm³/mol. The Labute approximate surface area is 120 Å². The van der Waals surface area contributed by atoms with Gasteiger partial charge in [-0.25, -0.2) is 4.98 Å². The van der Waals surface area contributed by atoms with Crippen molar-refractivity contribution < 1.29 is 22.5 Å². The van der Waals surface area contributed by atoms with Crippen molar-refractivity contribution in [2.75, 3.05) is 7.05 Å². The number of amides is 1. The van der Waals surface area contributed by atoms with Crippen LogP contribution in [0.15, 0.2) is 29.0 Å². The highest BCUT2D eigenvalue weighted by molar-refractivity contribution is 5.92. The van der Waals surface area contributed by atoms with Gasteiger partial charge < -0.3 is 14.2 Å². The number of fused-ring (bicyclic) bond motifs is 1. The van der Waals surface area contributed by atoms with Crippen LogP contribution in [0.25, 0.3) is 17.0 Å². The molecule has 0 saturated carbocycles. The lowest BCUT2D eigenvalue weighted by Crippen LogP contribution is -2.17. The van der Waals surface area contributed by atoms with Crippen LogP contribution < -0.4 is 5.32 Å². The summed E-state index contributed by atoms with van der Waals surface area (Å²) >= 11 is 0. The van der Waals surface area contributed by atoms with Gasteiger partial charge in [0.25, 0.3) is 5.91 Å². The molecule has 3 aromatic heterocycles. The fraction of sp³-hybridized carbons (Fsp3) is 0.167. The molecule has 10 heteroatoms. The summed E-state index contributed by atoms with van der Waals surface area (Å²) in [6, 6.07) is 3.02. The van der Waals surface area contributed by atoms with Crippen molar-refractivity contribution in [2.24, 2.45) is 0 Å². The number of aromatic nitrogens is 4. The zero-order valence-corrected chi connectivity index (χ0v) is 11.0. The number of carbonyl (C=O) groups is 1. The van der Waals surface area contributed by atoms with Crippen molar-refractivity contribution in [3.05, 3.63) is 36.1 Å². The molecule has 0 fully saturated rings. The van der Waals surface area contributed by atoms with Crippen molar-refractivity contribution in [3.8, 4) is 11.4 Å². The Kier molecular flexibility index (Phi) is 3.08.